The van der Waals surface area contributed by atoms with Crippen molar-refractivity contribution in [1.82, 2.24) is 9.97 Å². The molecule has 1 heterocycles. The molecule has 1 aromatic heterocycles. The van der Waals surface area contributed by atoms with Gasteiger partial charge in [0.1, 0.15) is 5.75 Å². The van der Waals surface area contributed by atoms with Crippen LogP contribution in [0.3, 0.4) is 0 Å². The SMILES string of the molecule is CCCCc1cnc(-c2ccc(CCc3ccc(OC(F)F)cc3)cc2)nc1. The summed E-state index contributed by atoms with van der Waals surface area (Å²) in [7, 11) is 0. The maximum Gasteiger partial charge on any atom is 0.387 e. The van der Waals surface area contributed by atoms with Crippen LogP contribution in [0, 0.1) is 0 Å². The lowest BCUT2D eigenvalue weighted by Gasteiger charge is -2.07. The van der Waals surface area contributed by atoms with Crippen molar-refractivity contribution in [3.63, 3.8) is 0 Å². The number of unbranched alkanes of at least 4 members (excludes halogenated alkanes) is 1. The summed E-state index contributed by atoms with van der Waals surface area (Å²) in [4.78, 5) is 8.95. The van der Waals surface area contributed by atoms with Crippen molar-refractivity contribution < 1.29 is 13.5 Å². The van der Waals surface area contributed by atoms with Crippen LogP contribution in [0.4, 0.5) is 8.78 Å². The van der Waals surface area contributed by atoms with Crippen LogP contribution < -0.4 is 4.74 Å². The largest absolute Gasteiger partial charge is 0.435 e. The monoisotopic (exact) mass is 382 g/mol. The zero-order chi connectivity index (χ0) is 19.8. The highest BCUT2D eigenvalue weighted by Crippen LogP contribution is 2.19. The smallest absolute Gasteiger partial charge is 0.387 e. The number of ether oxygens (including phenoxy) is 1. The van der Waals surface area contributed by atoms with Gasteiger partial charge in [0.2, 0.25) is 0 Å². The van der Waals surface area contributed by atoms with E-state index in [1.165, 1.54) is 11.1 Å². The van der Waals surface area contributed by atoms with Gasteiger partial charge in [-0.3, -0.25) is 0 Å². The third-order valence-corrected chi connectivity index (χ3v) is 4.59. The minimum Gasteiger partial charge on any atom is -0.435 e. The summed E-state index contributed by atoms with van der Waals surface area (Å²) in [5, 5.41) is 0. The normalized spacial score (nSPS) is 11.0. The van der Waals surface area contributed by atoms with Crippen LogP contribution in [0.1, 0.15) is 36.5 Å². The number of hydrogen-bond donors (Lipinski definition) is 0. The number of benzene rings is 2. The lowest BCUT2D eigenvalue weighted by atomic mass is 10.0. The summed E-state index contributed by atoms with van der Waals surface area (Å²) in [6.07, 6.45) is 8.85. The van der Waals surface area contributed by atoms with Crippen LogP contribution in [0.5, 0.6) is 5.75 Å². The molecular formula is C23H24F2N2O. The first-order chi connectivity index (χ1) is 13.6. The lowest BCUT2D eigenvalue weighted by Crippen LogP contribution is -2.01. The van der Waals surface area contributed by atoms with E-state index in [1.807, 2.05) is 36.7 Å². The fourth-order valence-electron chi connectivity index (χ4n) is 2.96. The van der Waals surface area contributed by atoms with Crippen LogP contribution in [0.25, 0.3) is 11.4 Å². The Morgan fingerprint density at radius 1 is 0.786 bits per heavy atom. The number of aryl methyl sites for hydroxylation is 3. The Bertz CT molecular complexity index is 847. The van der Waals surface area contributed by atoms with Gasteiger partial charge in [-0.2, -0.15) is 8.78 Å². The van der Waals surface area contributed by atoms with Crippen LogP contribution in [-0.4, -0.2) is 16.6 Å². The molecule has 146 valence electrons. The van der Waals surface area contributed by atoms with Crippen molar-refractivity contribution in [1.29, 1.82) is 0 Å². The van der Waals surface area contributed by atoms with Crippen molar-refractivity contribution in [3.8, 4) is 17.1 Å². The maximum absolute atomic E-state index is 12.2. The Morgan fingerprint density at radius 2 is 1.36 bits per heavy atom. The molecule has 3 nitrogen and oxygen atoms in total. The summed E-state index contributed by atoms with van der Waals surface area (Å²) in [5.41, 5.74) is 4.46. The number of hydrogen-bond acceptors (Lipinski definition) is 3. The van der Waals surface area contributed by atoms with Gasteiger partial charge in [0.25, 0.3) is 0 Å². The predicted octanol–water partition coefficient (Wildman–Crippen LogP) is 5.87. The number of alkyl halides is 2. The molecule has 2 aromatic carbocycles. The molecule has 0 unspecified atom stereocenters. The molecule has 5 heteroatoms. The third-order valence-electron chi connectivity index (χ3n) is 4.59. The topological polar surface area (TPSA) is 35.0 Å². The second-order valence-electron chi connectivity index (χ2n) is 6.74. The number of halogens is 2. The summed E-state index contributed by atoms with van der Waals surface area (Å²) < 4.78 is 28.7. The molecule has 0 bridgehead atoms. The standard InChI is InChI=1S/C23H24F2N2O/c1-2-3-4-19-15-26-22(27-16-19)20-11-7-17(8-12-20)5-6-18-9-13-21(14-10-18)28-23(24)25/h7-16,23H,2-6H2,1H3. The van der Waals surface area contributed by atoms with Crippen molar-refractivity contribution in [2.75, 3.05) is 0 Å². The Kier molecular flexibility index (Phi) is 7.06. The summed E-state index contributed by atoms with van der Waals surface area (Å²) in [6.45, 7) is -0.617. The molecule has 0 aliphatic heterocycles. The fraction of sp³-hybridized carbons (Fsp3) is 0.304. The Labute approximate surface area is 164 Å². The highest BCUT2D eigenvalue weighted by atomic mass is 19.3. The van der Waals surface area contributed by atoms with Gasteiger partial charge in [-0.15, -0.1) is 0 Å². The zero-order valence-corrected chi connectivity index (χ0v) is 15.9. The molecule has 0 atom stereocenters. The van der Waals surface area contributed by atoms with E-state index in [2.05, 4.69) is 33.8 Å². The summed E-state index contributed by atoms with van der Waals surface area (Å²) >= 11 is 0. The first-order valence-corrected chi connectivity index (χ1v) is 9.58. The van der Waals surface area contributed by atoms with Crippen LogP contribution in [0.2, 0.25) is 0 Å². The Balaban J connectivity index is 1.55. The van der Waals surface area contributed by atoms with Gasteiger partial charge in [-0.1, -0.05) is 49.7 Å². The van der Waals surface area contributed by atoms with Gasteiger partial charge in [-0.25, -0.2) is 9.97 Å². The summed E-state index contributed by atoms with van der Waals surface area (Å²) in [5.74, 6) is 0.922. The first kappa shape index (κ1) is 19.9. The lowest BCUT2D eigenvalue weighted by molar-refractivity contribution is -0.0498. The molecule has 0 saturated carbocycles. The van der Waals surface area contributed by atoms with E-state index < -0.39 is 6.61 Å². The zero-order valence-electron chi connectivity index (χ0n) is 15.9. The molecular weight excluding hydrogens is 358 g/mol. The van der Waals surface area contributed by atoms with Gasteiger partial charge in [-0.05, 0) is 54.5 Å². The second kappa shape index (κ2) is 9.93. The minimum atomic E-state index is -2.79. The molecule has 0 radical (unpaired) electrons. The number of rotatable bonds is 9. The average molecular weight is 382 g/mol. The Morgan fingerprint density at radius 3 is 1.89 bits per heavy atom. The van der Waals surface area contributed by atoms with Crippen molar-refractivity contribution in [2.45, 2.75) is 45.6 Å². The minimum absolute atomic E-state index is 0.184. The molecule has 0 amide bonds. The number of nitrogens with zero attached hydrogens (tertiary/aromatic N) is 2. The highest BCUT2D eigenvalue weighted by Gasteiger charge is 2.05. The van der Waals surface area contributed by atoms with Crippen LogP contribution in [-0.2, 0) is 19.3 Å². The quantitative estimate of drug-likeness (QED) is 0.464. The van der Waals surface area contributed by atoms with Crippen molar-refractivity contribution in [3.05, 3.63) is 77.6 Å². The van der Waals surface area contributed by atoms with Crippen molar-refractivity contribution >= 4 is 0 Å². The summed E-state index contributed by atoms with van der Waals surface area (Å²) in [6, 6.07) is 15.0. The van der Waals surface area contributed by atoms with Crippen LogP contribution in [0.15, 0.2) is 60.9 Å². The van der Waals surface area contributed by atoms with E-state index in [0.717, 1.165) is 49.1 Å². The maximum atomic E-state index is 12.2. The third kappa shape index (κ3) is 5.84. The molecule has 3 aromatic rings. The molecule has 0 saturated heterocycles. The van der Waals surface area contributed by atoms with E-state index in [1.54, 1.807) is 12.1 Å². The van der Waals surface area contributed by atoms with Gasteiger partial charge in [0.15, 0.2) is 5.82 Å². The molecule has 3 rings (SSSR count). The molecule has 28 heavy (non-hydrogen) atoms. The molecule has 0 aliphatic rings. The second-order valence-corrected chi connectivity index (χ2v) is 6.74. The Hall–Kier alpha value is -2.82. The number of aromatic nitrogens is 2. The van der Waals surface area contributed by atoms with E-state index in [9.17, 15) is 8.78 Å². The van der Waals surface area contributed by atoms with Crippen LogP contribution >= 0.6 is 0 Å². The van der Waals surface area contributed by atoms with E-state index in [4.69, 9.17) is 0 Å². The van der Waals surface area contributed by atoms with Gasteiger partial charge < -0.3 is 4.74 Å². The highest BCUT2D eigenvalue weighted by molar-refractivity contribution is 5.55. The molecule has 0 fully saturated rings. The average Bonchev–Trinajstić information content (AvgIpc) is 2.72. The van der Waals surface area contributed by atoms with E-state index >= 15 is 0 Å². The molecule has 0 N–H and O–H groups in total. The predicted molar refractivity (Wildman–Crippen MR) is 107 cm³/mol. The van der Waals surface area contributed by atoms with Gasteiger partial charge in [0, 0.05) is 18.0 Å². The van der Waals surface area contributed by atoms with Gasteiger partial charge >= 0.3 is 6.61 Å². The van der Waals surface area contributed by atoms with E-state index in [-0.39, 0.29) is 5.75 Å². The van der Waals surface area contributed by atoms with Gasteiger partial charge in [0.05, 0.1) is 0 Å². The first-order valence-electron chi connectivity index (χ1n) is 9.58. The molecule has 0 spiro atoms. The molecule has 0 aliphatic carbocycles. The van der Waals surface area contributed by atoms with E-state index in [0.29, 0.717) is 0 Å². The fourth-order valence-corrected chi connectivity index (χ4v) is 2.96. The van der Waals surface area contributed by atoms with Crippen molar-refractivity contribution in [2.24, 2.45) is 0 Å².